The second kappa shape index (κ2) is 5.30. The summed E-state index contributed by atoms with van der Waals surface area (Å²) in [4.78, 5) is 11.3. The summed E-state index contributed by atoms with van der Waals surface area (Å²) in [5, 5.41) is 2.43. The van der Waals surface area contributed by atoms with Gasteiger partial charge in [0.25, 0.3) is 0 Å². The molecule has 100 valence electrons. The van der Waals surface area contributed by atoms with E-state index in [0.29, 0.717) is 0 Å². The second-order valence-corrected chi connectivity index (χ2v) is 4.70. The van der Waals surface area contributed by atoms with E-state index in [-0.39, 0.29) is 28.0 Å². The molecule has 7 heteroatoms. The van der Waals surface area contributed by atoms with E-state index in [0.717, 1.165) is 0 Å². The molecule has 0 bridgehead atoms. The molecule has 7 N–H and O–H groups in total. The highest BCUT2D eigenvalue weighted by atomic mass is 35.5. The molecule has 1 amide bonds. The minimum absolute atomic E-state index is 0.0392. The predicted octanol–water partition coefficient (Wildman–Crippen LogP) is 1.57. The van der Waals surface area contributed by atoms with Crippen LogP contribution >= 0.6 is 11.6 Å². The van der Waals surface area contributed by atoms with Crippen LogP contribution in [0.15, 0.2) is 6.07 Å². The molecule has 0 saturated carbocycles. The van der Waals surface area contributed by atoms with Gasteiger partial charge in [0.1, 0.15) is 11.1 Å². The molecule has 18 heavy (non-hydrogen) atoms. The van der Waals surface area contributed by atoms with Crippen molar-refractivity contribution in [1.29, 1.82) is 0 Å². The van der Waals surface area contributed by atoms with Crippen LogP contribution in [0, 0.1) is 11.7 Å². The Kier molecular flexibility index (Phi) is 4.24. The molecule has 1 aromatic rings. The Bertz CT molecular complexity index is 479. The van der Waals surface area contributed by atoms with E-state index in [4.69, 9.17) is 28.8 Å². The van der Waals surface area contributed by atoms with Crippen molar-refractivity contribution in [3.05, 3.63) is 16.9 Å². The third-order valence-corrected chi connectivity index (χ3v) is 2.92. The summed E-state index contributed by atoms with van der Waals surface area (Å²) >= 11 is 5.69. The van der Waals surface area contributed by atoms with Crippen LogP contribution in [-0.2, 0) is 4.79 Å². The Labute approximate surface area is 109 Å². The maximum absolute atomic E-state index is 13.9. The fourth-order valence-electron chi connectivity index (χ4n) is 1.53. The molecule has 0 spiro atoms. The van der Waals surface area contributed by atoms with Gasteiger partial charge in [0.2, 0.25) is 5.91 Å². The number of carbonyl (C=O) groups is 1. The molecule has 0 aliphatic heterocycles. The minimum atomic E-state index is -0.791. The monoisotopic (exact) mass is 274 g/mol. The van der Waals surface area contributed by atoms with Gasteiger partial charge in [-0.1, -0.05) is 25.4 Å². The van der Waals surface area contributed by atoms with Crippen LogP contribution in [-0.4, -0.2) is 11.9 Å². The number of anilines is 3. The van der Waals surface area contributed by atoms with E-state index in [1.165, 1.54) is 6.07 Å². The molecule has 0 heterocycles. The van der Waals surface area contributed by atoms with Gasteiger partial charge in [-0.2, -0.15) is 0 Å². The third-order valence-electron chi connectivity index (χ3n) is 2.54. The smallest absolute Gasteiger partial charge is 0.240 e. The molecule has 0 fully saturated rings. The topological polar surface area (TPSA) is 107 Å². The normalized spacial score (nSPS) is 12.5. The standard InChI is InChI=1S/C11H16ClFN4O/c1-4(2)9(11(16)18)17-10-6(15)3-5(14)7(12)8(10)13/h3-4,9,17H,14-15H2,1-2H3,(H2,16,18). The number of rotatable bonds is 4. The van der Waals surface area contributed by atoms with Crippen LogP contribution < -0.4 is 22.5 Å². The Hall–Kier alpha value is -1.69. The summed E-state index contributed by atoms with van der Waals surface area (Å²) < 4.78 is 13.9. The molecule has 0 saturated heterocycles. The first kappa shape index (κ1) is 14.4. The number of nitrogen functional groups attached to an aromatic ring is 2. The number of halogens is 2. The summed E-state index contributed by atoms with van der Waals surface area (Å²) in [6.07, 6.45) is 0. The fraction of sp³-hybridized carbons (Fsp3) is 0.364. The first-order chi connectivity index (χ1) is 8.25. The zero-order valence-corrected chi connectivity index (χ0v) is 10.9. The van der Waals surface area contributed by atoms with Crippen LogP contribution in [0.5, 0.6) is 0 Å². The van der Waals surface area contributed by atoms with Crippen molar-refractivity contribution < 1.29 is 9.18 Å². The summed E-state index contributed by atoms with van der Waals surface area (Å²) in [6, 6.07) is 0.577. The summed E-state index contributed by atoms with van der Waals surface area (Å²) in [7, 11) is 0. The van der Waals surface area contributed by atoms with E-state index in [2.05, 4.69) is 5.32 Å². The molecule has 1 unspecified atom stereocenters. The third kappa shape index (κ3) is 2.76. The first-order valence-electron chi connectivity index (χ1n) is 5.34. The van der Waals surface area contributed by atoms with Gasteiger partial charge in [0.05, 0.1) is 17.1 Å². The van der Waals surface area contributed by atoms with Crippen LogP contribution in [0.2, 0.25) is 5.02 Å². The van der Waals surface area contributed by atoms with Gasteiger partial charge in [0, 0.05) is 0 Å². The summed E-state index contributed by atoms with van der Waals surface area (Å²) in [5.74, 6) is -1.52. The fourth-order valence-corrected chi connectivity index (χ4v) is 1.68. The van der Waals surface area contributed by atoms with Crippen molar-refractivity contribution in [2.24, 2.45) is 11.7 Å². The lowest BCUT2D eigenvalue weighted by molar-refractivity contribution is -0.119. The van der Waals surface area contributed by atoms with Crippen LogP contribution in [0.25, 0.3) is 0 Å². The highest BCUT2D eigenvalue weighted by Crippen LogP contribution is 2.34. The van der Waals surface area contributed by atoms with Crippen molar-refractivity contribution in [2.75, 3.05) is 16.8 Å². The molecule has 0 aromatic heterocycles. The van der Waals surface area contributed by atoms with Gasteiger partial charge in [0.15, 0.2) is 5.82 Å². The maximum atomic E-state index is 13.9. The van der Waals surface area contributed by atoms with E-state index in [1.807, 2.05) is 0 Å². The number of benzene rings is 1. The minimum Gasteiger partial charge on any atom is -0.397 e. The molecule has 0 aliphatic carbocycles. The Morgan fingerprint density at radius 3 is 2.39 bits per heavy atom. The predicted molar refractivity (Wildman–Crippen MR) is 71.7 cm³/mol. The molecule has 5 nitrogen and oxygen atoms in total. The Morgan fingerprint density at radius 2 is 1.94 bits per heavy atom. The molecule has 1 rings (SSSR count). The zero-order valence-electron chi connectivity index (χ0n) is 10.1. The number of amides is 1. The van der Waals surface area contributed by atoms with Crippen LogP contribution in [0.1, 0.15) is 13.8 Å². The molecule has 0 aliphatic rings. The zero-order chi connectivity index (χ0) is 14.0. The highest BCUT2D eigenvalue weighted by Gasteiger charge is 2.23. The van der Waals surface area contributed by atoms with E-state index in [1.54, 1.807) is 13.8 Å². The molecule has 1 aromatic carbocycles. The number of nitrogens with two attached hydrogens (primary N) is 3. The van der Waals surface area contributed by atoms with E-state index in [9.17, 15) is 9.18 Å². The molecular weight excluding hydrogens is 259 g/mol. The van der Waals surface area contributed by atoms with Gasteiger partial charge < -0.3 is 22.5 Å². The summed E-state index contributed by atoms with van der Waals surface area (Å²) in [6.45, 7) is 3.55. The van der Waals surface area contributed by atoms with E-state index >= 15 is 0 Å². The SMILES string of the molecule is CC(C)C(Nc1c(N)cc(N)c(Cl)c1F)C(N)=O. The van der Waals surface area contributed by atoms with Crippen molar-refractivity contribution in [1.82, 2.24) is 0 Å². The number of nitrogens with one attached hydrogen (secondary N) is 1. The van der Waals surface area contributed by atoms with Gasteiger partial charge in [-0.3, -0.25) is 4.79 Å². The van der Waals surface area contributed by atoms with Gasteiger partial charge in [-0.25, -0.2) is 4.39 Å². The molecule has 1 atom stereocenters. The van der Waals surface area contributed by atoms with Crippen molar-refractivity contribution >= 4 is 34.6 Å². The summed E-state index contributed by atoms with van der Waals surface area (Å²) in [5.41, 5.74) is 16.4. The van der Waals surface area contributed by atoms with Crippen molar-refractivity contribution in [3.8, 4) is 0 Å². The average molecular weight is 275 g/mol. The van der Waals surface area contributed by atoms with Crippen molar-refractivity contribution in [2.45, 2.75) is 19.9 Å². The highest BCUT2D eigenvalue weighted by molar-refractivity contribution is 6.33. The lowest BCUT2D eigenvalue weighted by Crippen LogP contribution is -2.40. The second-order valence-electron chi connectivity index (χ2n) is 4.33. The lowest BCUT2D eigenvalue weighted by atomic mass is 10.0. The largest absolute Gasteiger partial charge is 0.397 e. The number of primary amides is 1. The molecular formula is C11H16ClFN4O. The van der Waals surface area contributed by atoms with Crippen LogP contribution in [0.3, 0.4) is 0 Å². The van der Waals surface area contributed by atoms with Crippen LogP contribution in [0.4, 0.5) is 21.5 Å². The lowest BCUT2D eigenvalue weighted by Gasteiger charge is -2.22. The van der Waals surface area contributed by atoms with Crippen molar-refractivity contribution in [3.63, 3.8) is 0 Å². The van der Waals surface area contributed by atoms with E-state index < -0.39 is 17.8 Å². The quantitative estimate of drug-likeness (QED) is 0.625. The maximum Gasteiger partial charge on any atom is 0.240 e. The average Bonchev–Trinajstić information content (AvgIpc) is 2.25. The number of hydrogen-bond donors (Lipinski definition) is 4. The first-order valence-corrected chi connectivity index (χ1v) is 5.72. The molecule has 0 radical (unpaired) electrons. The number of carbonyl (C=O) groups excluding carboxylic acids is 1. The Morgan fingerprint density at radius 1 is 1.39 bits per heavy atom. The van der Waals surface area contributed by atoms with Gasteiger partial charge >= 0.3 is 0 Å². The number of hydrogen-bond acceptors (Lipinski definition) is 4. The van der Waals surface area contributed by atoms with Gasteiger partial charge in [-0.15, -0.1) is 0 Å². The van der Waals surface area contributed by atoms with Gasteiger partial charge in [-0.05, 0) is 12.0 Å². The Balaban J connectivity index is 3.18.